The number of anilines is 1. The summed E-state index contributed by atoms with van der Waals surface area (Å²) < 4.78 is 27.0. The maximum atomic E-state index is 12.0. The van der Waals surface area contributed by atoms with Crippen LogP contribution in [-0.4, -0.2) is 15.5 Å². The Hall–Kier alpha value is -1.08. The van der Waals surface area contributed by atoms with Gasteiger partial charge in [-0.05, 0) is 43.1 Å². The van der Waals surface area contributed by atoms with Crippen LogP contribution in [0.25, 0.3) is 0 Å². The summed E-state index contributed by atoms with van der Waals surface area (Å²) in [5.41, 5.74) is 1.59. The summed E-state index contributed by atoms with van der Waals surface area (Å²) >= 11 is 7.37. The number of hydrogen-bond acceptors (Lipinski definition) is 4. The van der Waals surface area contributed by atoms with Crippen LogP contribution in [0.3, 0.4) is 0 Å². The molecule has 0 aliphatic carbocycles. The van der Waals surface area contributed by atoms with Crippen LogP contribution in [0.15, 0.2) is 40.6 Å². The van der Waals surface area contributed by atoms with E-state index in [1.807, 2.05) is 18.4 Å². The van der Waals surface area contributed by atoms with E-state index in [1.165, 1.54) is 18.4 Å². The van der Waals surface area contributed by atoms with Crippen molar-refractivity contribution < 1.29 is 8.42 Å². The molecule has 1 aromatic carbocycles. The van der Waals surface area contributed by atoms with Gasteiger partial charge in [0.25, 0.3) is 0 Å². The van der Waals surface area contributed by atoms with Crippen LogP contribution in [-0.2, 0) is 10.0 Å². The van der Waals surface area contributed by atoms with Gasteiger partial charge in [-0.15, -0.1) is 11.3 Å². The minimum absolute atomic E-state index is 0.0352. The second-order valence-electron chi connectivity index (χ2n) is 4.25. The topological polar surface area (TPSA) is 58.2 Å². The molecule has 0 aliphatic rings. The molecule has 1 aromatic heterocycles. The Morgan fingerprint density at radius 1 is 1.30 bits per heavy atom. The molecular formula is C13H15ClN2O2S2. The summed E-state index contributed by atoms with van der Waals surface area (Å²) in [6.07, 6.45) is 0. The fourth-order valence-electron chi connectivity index (χ4n) is 1.80. The van der Waals surface area contributed by atoms with Crippen LogP contribution in [0, 0.1) is 0 Å². The first kappa shape index (κ1) is 15.3. The van der Waals surface area contributed by atoms with Crippen LogP contribution in [0.1, 0.15) is 18.5 Å². The Balaban J connectivity index is 2.30. The molecule has 2 N–H and O–H groups in total. The van der Waals surface area contributed by atoms with Crippen molar-refractivity contribution in [3.8, 4) is 0 Å². The standard InChI is InChI=1S/C13H15ClN2O2S2/c1-9(10-7-13(14)19-8-10)16-11-5-3-4-6-12(11)20(17,18)15-2/h3-9,15-16H,1-2H3. The van der Waals surface area contributed by atoms with Crippen molar-refractivity contribution in [3.05, 3.63) is 45.6 Å². The largest absolute Gasteiger partial charge is 0.377 e. The molecule has 0 fully saturated rings. The lowest BCUT2D eigenvalue weighted by molar-refractivity contribution is 0.588. The Bertz CT molecular complexity index is 698. The molecule has 20 heavy (non-hydrogen) atoms. The second kappa shape index (κ2) is 6.13. The van der Waals surface area contributed by atoms with Gasteiger partial charge in [0.2, 0.25) is 10.0 Å². The predicted octanol–water partition coefficient (Wildman–Crippen LogP) is 3.48. The van der Waals surface area contributed by atoms with E-state index in [1.54, 1.807) is 24.3 Å². The summed E-state index contributed by atoms with van der Waals surface area (Å²) in [5.74, 6) is 0. The molecule has 0 aliphatic heterocycles. The average molecular weight is 331 g/mol. The number of sulfonamides is 1. The van der Waals surface area contributed by atoms with Crippen LogP contribution in [0.2, 0.25) is 4.34 Å². The van der Waals surface area contributed by atoms with Gasteiger partial charge < -0.3 is 5.32 Å². The van der Waals surface area contributed by atoms with E-state index in [2.05, 4.69) is 10.0 Å². The van der Waals surface area contributed by atoms with Crippen molar-refractivity contribution in [2.45, 2.75) is 17.9 Å². The third kappa shape index (κ3) is 3.32. The molecule has 0 amide bonds. The maximum Gasteiger partial charge on any atom is 0.242 e. The lowest BCUT2D eigenvalue weighted by Crippen LogP contribution is -2.20. The zero-order valence-electron chi connectivity index (χ0n) is 11.1. The summed E-state index contributed by atoms with van der Waals surface area (Å²) in [6, 6.07) is 8.65. The summed E-state index contributed by atoms with van der Waals surface area (Å²) in [5, 5.41) is 5.16. The normalized spacial score (nSPS) is 13.2. The summed E-state index contributed by atoms with van der Waals surface area (Å²) in [7, 11) is -2.09. The molecule has 0 saturated heterocycles. The molecule has 0 spiro atoms. The molecule has 2 rings (SSSR count). The van der Waals surface area contributed by atoms with Gasteiger partial charge in [-0.3, -0.25) is 0 Å². The van der Waals surface area contributed by atoms with Gasteiger partial charge in [-0.2, -0.15) is 0 Å². The molecule has 0 bridgehead atoms. The highest BCUT2D eigenvalue weighted by molar-refractivity contribution is 7.89. The number of halogens is 1. The van der Waals surface area contributed by atoms with E-state index in [0.717, 1.165) is 5.56 Å². The summed E-state index contributed by atoms with van der Waals surface area (Å²) in [6.45, 7) is 1.96. The lowest BCUT2D eigenvalue weighted by atomic mass is 10.1. The molecule has 1 atom stereocenters. The smallest absolute Gasteiger partial charge is 0.242 e. The average Bonchev–Trinajstić information content (AvgIpc) is 2.86. The maximum absolute atomic E-state index is 12.0. The molecule has 1 unspecified atom stereocenters. The Morgan fingerprint density at radius 3 is 2.60 bits per heavy atom. The second-order valence-corrected chi connectivity index (χ2v) is 7.65. The highest BCUT2D eigenvalue weighted by Crippen LogP contribution is 2.29. The fraction of sp³-hybridized carbons (Fsp3) is 0.231. The number of benzene rings is 1. The third-order valence-corrected chi connectivity index (χ3v) is 5.49. The Kier molecular flexibility index (Phi) is 4.70. The molecule has 1 heterocycles. The molecular weight excluding hydrogens is 316 g/mol. The SMILES string of the molecule is CNS(=O)(=O)c1ccccc1NC(C)c1csc(Cl)c1. The molecule has 108 valence electrons. The first-order valence-electron chi connectivity index (χ1n) is 5.97. The Morgan fingerprint density at radius 2 is 2.00 bits per heavy atom. The van der Waals surface area contributed by atoms with Crippen molar-refractivity contribution >= 4 is 38.6 Å². The van der Waals surface area contributed by atoms with Gasteiger partial charge >= 0.3 is 0 Å². The molecule has 0 radical (unpaired) electrons. The van der Waals surface area contributed by atoms with Gasteiger partial charge in [0.05, 0.1) is 10.0 Å². The van der Waals surface area contributed by atoms with Gasteiger partial charge in [0.15, 0.2) is 0 Å². The van der Waals surface area contributed by atoms with Crippen molar-refractivity contribution in [3.63, 3.8) is 0 Å². The molecule has 0 saturated carbocycles. The van der Waals surface area contributed by atoms with Crippen molar-refractivity contribution in [2.24, 2.45) is 0 Å². The highest BCUT2D eigenvalue weighted by atomic mass is 35.5. The number of thiophene rings is 1. The van der Waals surface area contributed by atoms with Gasteiger partial charge in [0.1, 0.15) is 4.90 Å². The van der Waals surface area contributed by atoms with Gasteiger partial charge in [0, 0.05) is 6.04 Å². The third-order valence-electron chi connectivity index (χ3n) is 2.91. The fourth-order valence-corrected chi connectivity index (χ4v) is 3.68. The van der Waals surface area contributed by atoms with E-state index in [-0.39, 0.29) is 10.9 Å². The quantitative estimate of drug-likeness (QED) is 0.882. The minimum atomic E-state index is -3.49. The van der Waals surface area contributed by atoms with Gasteiger partial charge in [-0.25, -0.2) is 13.1 Å². The van der Waals surface area contributed by atoms with E-state index >= 15 is 0 Å². The molecule has 2 aromatic rings. The van der Waals surface area contributed by atoms with E-state index in [4.69, 9.17) is 11.6 Å². The van der Waals surface area contributed by atoms with E-state index < -0.39 is 10.0 Å². The van der Waals surface area contributed by atoms with Crippen LogP contribution >= 0.6 is 22.9 Å². The lowest BCUT2D eigenvalue weighted by Gasteiger charge is -2.17. The number of nitrogens with one attached hydrogen (secondary N) is 2. The van der Waals surface area contributed by atoms with Crippen LogP contribution in [0.4, 0.5) is 5.69 Å². The summed E-state index contributed by atoms with van der Waals surface area (Å²) in [4.78, 5) is 0.232. The molecule has 4 nitrogen and oxygen atoms in total. The Labute approximate surface area is 127 Å². The van der Waals surface area contributed by atoms with Crippen molar-refractivity contribution in [1.82, 2.24) is 4.72 Å². The first-order chi connectivity index (χ1) is 9.44. The zero-order chi connectivity index (χ0) is 14.8. The number of para-hydroxylation sites is 1. The monoisotopic (exact) mass is 330 g/mol. The van der Waals surface area contributed by atoms with E-state index in [9.17, 15) is 8.42 Å². The number of hydrogen-bond donors (Lipinski definition) is 2. The van der Waals surface area contributed by atoms with Crippen molar-refractivity contribution in [2.75, 3.05) is 12.4 Å². The molecule has 7 heteroatoms. The first-order valence-corrected chi connectivity index (χ1v) is 8.71. The van der Waals surface area contributed by atoms with Crippen LogP contribution < -0.4 is 10.0 Å². The van der Waals surface area contributed by atoms with Crippen molar-refractivity contribution in [1.29, 1.82) is 0 Å². The number of rotatable bonds is 5. The van der Waals surface area contributed by atoms with Crippen LogP contribution in [0.5, 0.6) is 0 Å². The van der Waals surface area contributed by atoms with E-state index in [0.29, 0.717) is 10.0 Å². The van der Waals surface area contributed by atoms with Gasteiger partial charge in [-0.1, -0.05) is 23.7 Å². The highest BCUT2D eigenvalue weighted by Gasteiger charge is 2.17. The predicted molar refractivity (Wildman–Crippen MR) is 84.1 cm³/mol. The zero-order valence-corrected chi connectivity index (χ0v) is 13.4. The minimum Gasteiger partial charge on any atom is -0.377 e.